The van der Waals surface area contributed by atoms with Crippen molar-refractivity contribution in [3.63, 3.8) is 0 Å². The summed E-state index contributed by atoms with van der Waals surface area (Å²) in [6.07, 6.45) is 2.41. The van der Waals surface area contributed by atoms with E-state index >= 15 is 0 Å². The first-order valence-electron chi connectivity index (χ1n) is 7.73. The van der Waals surface area contributed by atoms with Crippen LogP contribution in [0, 0.1) is 0 Å². The second-order valence-corrected chi connectivity index (χ2v) is 5.91. The van der Waals surface area contributed by atoms with Crippen molar-refractivity contribution in [2.75, 3.05) is 31.1 Å². The van der Waals surface area contributed by atoms with Gasteiger partial charge in [0.1, 0.15) is 0 Å². The van der Waals surface area contributed by atoms with Gasteiger partial charge in [0.15, 0.2) is 0 Å². The highest BCUT2D eigenvalue weighted by Crippen LogP contribution is 2.39. The number of anilines is 1. The molecule has 0 unspecified atom stereocenters. The molecule has 0 bridgehead atoms. The van der Waals surface area contributed by atoms with Crippen molar-refractivity contribution < 1.29 is 4.42 Å². The lowest BCUT2D eigenvalue weighted by Gasteiger charge is -2.35. The van der Waals surface area contributed by atoms with E-state index in [0.29, 0.717) is 5.92 Å². The van der Waals surface area contributed by atoms with Crippen LogP contribution in [0.2, 0.25) is 0 Å². The maximum absolute atomic E-state index is 5.74. The topological polar surface area (TPSA) is 45.4 Å². The van der Waals surface area contributed by atoms with E-state index in [1.807, 2.05) is 0 Å². The molecule has 0 spiro atoms. The first-order valence-corrected chi connectivity index (χ1v) is 7.73. The van der Waals surface area contributed by atoms with Crippen LogP contribution in [0.4, 0.5) is 5.69 Å². The zero-order chi connectivity index (χ0) is 14.1. The fourth-order valence-corrected chi connectivity index (χ4v) is 2.82. The summed E-state index contributed by atoms with van der Waals surface area (Å²) in [4.78, 5) is 4.82. The van der Waals surface area contributed by atoms with Crippen LogP contribution in [0.3, 0.4) is 0 Å². The fraction of sp³-hybridized carbons (Fsp3) is 0.500. The summed E-state index contributed by atoms with van der Waals surface area (Å²) in [7, 11) is 0. The monoisotopic (exact) mass is 284 g/mol. The molecule has 2 aliphatic rings. The van der Waals surface area contributed by atoms with E-state index < -0.39 is 0 Å². The molecule has 2 heterocycles. The summed E-state index contributed by atoms with van der Waals surface area (Å²) in [6.45, 7) is 4.95. The third-order valence-electron chi connectivity index (χ3n) is 4.26. The SMILES string of the molecule is c1ccc(N2CCN(Cc3nnc(C4CC4)o3)CC2)cc1. The van der Waals surface area contributed by atoms with Crippen molar-refractivity contribution in [3.8, 4) is 0 Å². The Morgan fingerprint density at radius 1 is 1.00 bits per heavy atom. The largest absolute Gasteiger partial charge is 0.424 e. The zero-order valence-corrected chi connectivity index (χ0v) is 12.1. The lowest BCUT2D eigenvalue weighted by atomic mass is 10.2. The Morgan fingerprint density at radius 2 is 1.76 bits per heavy atom. The summed E-state index contributed by atoms with van der Waals surface area (Å²) >= 11 is 0. The molecular formula is C16H20N4O. The average molecular weight is 284 g/mol. The van der Waals surface area contributed by atoms with Gasteiger partial charge in [-0.25, -0.2) is 0 Å². The molecule has 0 N–H and O–H groups in total. The van der Waals surface area contributed by atoms with E-state index in [9.17, 15) is 0 Å². The molecule has 1 saturated heterocycles. The fourth-order valence-electron chi connectivity index (χ4n) is 2.82. The Morgan fingerprint density at radius 3 is 2.48 bits per heavy atom. The molecule has 2 fully saturated rings. The van der Waals surface area contributed by atoms with Gasteiger partial charge in [0.05, 0.1) is 6.54 Å². The number of aromatic nitrogens is 2. The number of hydrogen-bond acceptors (Lipinski definition) is 5. The van der Waals surface area contributed by atoms with Crippen molar-refractivity contribution in [1.82, 2.24) is 15.1 Å². The van der Waals surface area contributed by atoms with E-state index in [1.54, 1.807) is 0 Å². The Labute approximate surface area is 124 Å². The van der Waals surface area contributed by atoms with Crippen molar-refractivity contribution in [1.29, 1.82) is 0 Å². The normalized spacial score (nSPS) is 19.9. The first kappa shape index (κ1) is 12.8. The van der Waals surface area contributed by atoms with E-state index in [-0.39, 0.29) is 0 Å². The molecule has 1 aromatic carbocycles. The predicted octanol–water partition coefficient (Wildman–Crippen LogP) is 2.27. The Hall–Kier alpha value is -1.88. The molecule has 0 atom stereocenters. The van der Waals surface area contributed by atoms with Gasteiger partial charge in [-0.1, -0.05) is 18.2 Å². The molecule has 1 aromatic heterocycles. The van der Waals surface area contributed by atoms with Gasteiger partial charge in [0.25, 0.3) is 0 Å². The van der Waals surface area contributed by atoms with Crippen LogP contribution in [0.1, 0.15) is 30.5 Å². The maximum Gasteiger partial charge on any atom is 0.230 e. The van der Waals surface area contributed by atoms with Gasteiger partial charge in [-0.15, -0.1) is 10.2 Å². The second kappa shape index (κ2) is 5.48. The summed E-state index contributed by atoms with van der Waals surface area (Å²) < 4.78 is 5.74. The number of hydrogen-bond donors (Lipinski definition) is 0. The van der Waals surface area contributed by atoms with Crippen molar-refractivity contribution in [3.05, 3.63) is 42.1 Å². The molecule has 0 radical (unpaired) electrons. The minimum absolute atomic E-state index is 0.543. The van der Waals surface area contributed by atoms with Crippen LogP contribution in [-0.2, 0) is 6.54 Å². The van der Waals surface area contributed by atoms with Crippen molar-refractivity contribution >= 4 is 5.69 Å². The number of nitrogens with zero attached hydrogens (tertiary/aromatic N) is 4. The van der Waals surface area contributed by atoms with E-state index in [4.69, 9.17) is 4.42 Å². The number of benzene rings is 1. The molecule has 1 aliphatic carbocycles. The lowest BCUT2D eigenvalue weighted by Crippen LogP contribution is -2.46. The van der Waals surface area contributed by atoms with E-state index in [0.717, 1.165) is 44.5 Å². The van der Waals surface area contributed by atoms with Crippen LogP contribution < -0.4 is 4.90 Å². The highest BCUT2D eigenvalue weighted by Gasteiger charge is 2.29. The number of rotatable bonds is 4. The lowest BCUT2D eigenvalue weighted by molar-refractivity contribution is 0.224. The quantitative estimate of drug-likeness (QED) is 0.862. The molecular weight excluding hydrogens is 264 g/mol. The molecule has 1 aliphatic heterocycles. The average Bonchev–Trinajstić information content (AvgIpc) is 3.29. The van der Waals surface area contributed by atoms with Crippen molar-refractivity contribution in [2.24, 2.45) is 0 Å². The third-order valence-corrected chi connectivity index (χ3v) is 4.26. The molecule has 4 rings (SSSR count). The smallest absolute Gasteiger partial charge is 0.230 e. The summed E-state index contributed by atoms with van der Waals surface area (Å²) in [5.74, 6) is 2.15. The van der Waals surface area contributed by atoms with Crippen LogP contribution in [-0.4, -0.2) is 41.3 Å². The number of piperazine rings is 1. The minimum Gasteiger partial charge on any atom is -0.424 e. The van der Waals surface area contributed by atoms with E-state index in [2.05, 4.69) is 50.3 Å². The highest BCUT2D eigenvalue weighted by molar-refractivity contribution is 5.46. The van der Waals surface area contributed by atoms with Crippen molar-refractivity contribution in [2.45, 2.75) is 25.3 Å². The minimum atomic E-state index is 0.543. The summed E-state index contributed by atoms with van der Waals surface area (Å²) in [5.41, 5.74) is 1.31. The second-order valence-electron chi connectivity index (χ2n) is 5.91. The Bertz CT molecular complexity index is 585. The Balaban J connectivity index is 1.32. The van der Waals surface area contributed by atoms with Crippen LogP contribution >= 0.6 is 0 Å². The van der Waals surface area contributed by atoms with Crippen LogP contribution in [0.25, 0.3) is 0 Å². The van der Waals surface area contributed by atoms with Gasteiger partial charge >= 0.3 is 0 Å². The third kappa shape index (κ3) is 2.93. The zero-order valence-electron chi connectivity index (χ0n) is 12.1. The van der Waals surface area contributed by atoms with Crippen LogP contribution in [0.5, 0.6) is 0 Å². The molecule has 110 valence electrons. The molecule has 5 nitrogen and oxygen atoms in total. The Kier molecular flexibility index (Phi) is 3.35. The molecule has 2 aromatic rings. The summed E-state index contributed by atoms with van der Waals surface area (Å²) in [5, 5.41) is 8.33. The van der Waals surface area contributed by atoms with Gasteiger partial charge in [0, 0.05) is 37.8 Å². The summed E-state index contributed by atoms with van der Waals surface area (Å²) in [6, 6.07) is 10.6. The van der Waals surface area contributed by atoms with E-state index in [1.165, 1.54) is 18.5 Å². The van der Waals surface area contributed by atoms with Gasteiger partial charge in [-0.05, 0) is 25.0 Å². The van der Waals surface area contributed by atoms with Gasteiger partial charge < -0.3 is 9.32 Å². The molecule has 1 saturated carbocycles. The molecule has 0 amide bonds. The standard InChI is InChI=1S/C16H20N4O/c1-2-4-14(5-3-1)20-10-8-19(9-11-20)12-15-17-18-16(21-15)13-6-7-13/h1-5,13H,6-12H2. The number of para-hydroxylation sites is 1. The van der Waals surface area contributed by atoms with Gasteiger partial charge in [0.2, 0.25) is 11.8 Å². The van der Waals surface area contributed by atoms with Gasteiger partial charge in [-0.3, -0.25) is 4.90 Å². The van der Waals surface area contributed by atoms with Crippen LogP contribution in [0.15, 0.2) is 34.7 Å². The molecule has 5 heteroatoms. The predicted molar refractivity (Wildman–Crippen MR) is 80.2 cm³/mol. The highest BCUT2D eigenvalue weighted by atomic mass is 16.4. The maximum atomic E-state index is 5.74. The molecule has 21 heavy (non-hydrogen) atoms. The van der Waals surface area contributed by atoms with Gasteiger partial charge in [-0.2, -0.15) is 0 Å². The first-order chi connectivity index (χ1) is 10.4.